The van der Waals surface area contributed by atoms with Crippen molar-refractivity contribution in [3.8, 4) is 0 Å². The minimum atomic E-state index is -1.49. The zero-order valence-electron chi connectivity index (χ0n) is 17.3. The van der Waals surface area contributed by atoms with Crippen LogP contribution in [0.4, 0.5) is 0 Å². The third-order valence-corrected chi connectivity index (χ3v) is 4.79. The number of carbonyl (C=O) groups excluding carboxylic acids is 1. The van der Waals surface area contributed by atoms with Crippen molar-refractivity contribution in [1.82, 2.24) is 9.55 Å². The minimum absolute atomic E-state index is 0.211. The van der Waals surface area contributed by atoms with Gasteiger partial charge in [-0.2, -0.15) is 0 Å². The minimum Gasteiger partial charge on any atom is -0.455 e. The van der Waals surface area contributed by atoms with Crippen LogP contribution in [0.3, 0.4) is 0 Å². The Morgan fingerprint density at radius 1 is 1.30 bits per heavy atom. The highest BCUT2D eigenvalue weighted by atomic mass is 16.6. The molecule has 0 saturated carbocycles. The molecule has 1 saturated heterocycles. The molecule has 0 aliphatic carbocycles. The molecule has 3 rings (SSSR count). The van der Waals surface area contributed by atoms with E-state index in [0.29, 0.717) is 5.56 Å². The zero-order valence-corrected chi connectivity index (χ0v) is 17.3. The lowest BCUT2D eigenvalue weighted by Gasteiger charge is -2.29. The van der Waals surface area contributed by atoms with Crippen LogP contribution in [0.5, 0.6) is 0 Å². The highest BCUT2D eigenvalue weighted by Gasteiger charge is 2.55. The Balaban J connectivity index is 0.00000155. The number of nitrogens with one attached hydrogen (secondary N) is 1. The van der Waals surface area contributed by atoms with Gasteiger partial charge in [-0.05, 0) is 24.1 Å². The van der Waals surface area contributed by atoms with Gasteiger partial charge < -0.3 is 9.47 Å². The summed E-state index contributed by atoms with van der Waals surface area (Å²) in [4.78, 5) is 41.1. The van der Waals surface area contributed by atoms with E-state index in [4.69, 9.17) is 15.0 Å². The van der Waals surface area contributed by atoms with Crippen molar-refractivity contribution in [2.75, 3.05) is 0 Å². The molecule has 30 heavy (non-hydrogen) atoms. The van der Waals surface area contributed by atoms with E-state index in [2.05, 4.69) is 15.0 Å². The second kappa shape index (κ2) is 9.91. The van der Waals surface area contributed by atoms with Crippen LogP contribution in [0.25, 0.3) is 10.4 Å². The number of nitrogens with zero attached hydrogens (tertiary/aromatic N) is 4. The molecule has 2 heterocycles. The average molecular weight is 415 g/mol. The first-order valence-electron chi connectivity index (χ1n) is 9.73. The molecule has 0 unspecified atom stereocenters. The molecule has 1 aliphatic rings. The molecule has 1 aliphatic heterocycles. The number of aromatic amines is 1. The molecule has 1 aromatic heterocycles. The van der Waals surface area contributed by atoms with Gasteiger partial charge in [0, 0.05) is 23.1 Å². The Morgan fingerprint density at radius 2 is 1.97 bits per heavy atom. The van der Waals surface area contributed by atoms with Gasteiger partial charge in [0.15, 0.2) is 5.72 Å². The summed E-state index contributed by atoms with van der Waals surface area (Å²) in [6.07, 6.45) is -0.337. The quantitative estimate of drug-likeness (QED) is 0.345. The summed E-state index contributed by atoms with van der Waals surface area (Å²) in [5.41, 5.74) is 6.68. The molecule has 10 nitrogen and oxygen atoms in total. The lowest BCUT2D eigenvalue weighted by Crippen LogP contribution is -2.41. The summed E-state index contributed by atoms with van der Waals surface area (Å²) >= 11 is 0. The highest BCUT2D eigenvalue weighted by molar-refractivity contribution is 5.89. The normalized spacial score (nSPS) is 24.9. The van der Waals surface area contributed by atoms with Gasteiger partial charge in [-0.1, -0.05) is 51.0 Å². The Morgan fingerprint density at radius 3 is 2.53 bits per heavy atom. The predicted molar refractivity (Wildman–Crippen MR) is 110 cm³/mol. The first-order valence-corrected chi connectivity index (χ1v) is 9.73. The van der Waals surface area contributed by atoms with E-state index >= 15 is 0 Å². The van der Waals surface area contributed by atoms with Crippen molar-refractivity contribution in [1.29, 1.82) is 0 Å². The molecule has 0 spiro atoms. The molecule has 10 heteroatoms. The highest BCUT2D eigenvalue weighted by Crippen LogP contribution is 2.45. The van der Waals surface area contributed by atoms with E-state index in [1.165, 1.54) is 16.8 Å². The second-order valence-electron chi connectivity index (χ2n) is 6.46. The number of hydrogen-bond donors (Lipinski definition) is 1. The SMILES string of the molecule is CC.CC[C@@]1(N=[N+]=[N-])O[C@@H](n2ccc(=O)[nH]c2=O)[C@@H](C)[C@@H]1OC(=O)c1ccccc1. The van der Waals surface area contributed by atoms with Crippen molar-refractivity contribution >= 4 is 5.97 Å². The number of hydrogen-bond acceptors (Lipinski definition) is 6. The van der Waals surface area contributed by atoms with Gasteiger partial charge in [0.2, 0.25) is 0 Å². The first kappa shape index (κ1) is 22.9. The van der Waals surface area contributed by atoms with Crippen LogP contribution in [-0.2, 0) is 9.47 Å². The van der Waals surface area contributed by atoms with E-state index in [9.17, 15) is 14.4 Å². The Labute approximate surface area is 173 Å². The van der Waals surface area contributed by atoms with E-state index in [1.54, 1.807) is 44.2 Å². The van der Waals surface area contributed by atoms with Crippen LogP contribution < -0.4 is 11.2 Å². The molecule has 1 fully saturated rings. The van der Waals surface area contributed by atoms with Crippen LogP contribution in [0.2, 0.25) is 0 Å². The first-order chi connectivity index (χ1) is 14.4. The van der Waals surface area contributed by atoms with Gasteiger partial charge in [-0.25, -0.2) is 9.59 Å². The third kappa shape index (κ3) is 4.45. The van der Waals surface area contributed by atoms with Crippen LogP contribution >= 0.6 is 0 Å². The molecule has 0 amide bonds. The van der Waals surface area contributed by atoms with Crippen LogP contribution in [0.1, 0.15) is 50.7 Å². The molecule has 1 aromatic carbocycles. The van der Waals surface area contributed by atoms with Crippen molar-refractivity contribution < 1.29 is 14.3 Å². The Bertz CT molecular complexity index is 1030. The fourth-order valence-corrected chi connectivity index (χ4v) is 3.35. The van der Waals surface area contributed by atoms with E-state index in [-0.39, 0.29) is 6.42 Å². The van der Waals surface area contributed by atoms with E-state index in [1.807, 2.05) is 13.8 Å². The van der Waals surface area contributed by atoms with Crippen molar-refractivity contribution in [3.05, 3.63) is 79.4 Å². The molecule has 4 atom stereocenters. The number of carbonyl (C=O) groups is 1. The van der Waals surface area contributed by atoms with E-state index < -0.39 is 41.2 Å². The lowest BCUT2D eigenvalue weighted by molar-refractivity contribution is -0.105. The fourth-order valence-electron chi connectivity index (χ4n) is 3.35. The number of azide groups is 1. The largest absolute Gasteiger partial charge is 0.455 e. The van der Waals surface area contributed by atoms with Gasteiger partial charge in [-0.3, -0.25) is 14.3 Å². The topological polar surface area (TPSA) is 139 Å². The Kier molecular flexibility index (Phi) is 7.57. The van der Waals surface area contributed by atoms with Gasteiger partial charge in [0.05, 0.1) is 5.56 Å². The third-order valence-electron chi connectivity index (χ3n) is 4.79. The molecule has 160 valence electrons. The van der Waals surface area contributed by atoms with Crippen LogP contribution in [0.15, 0.2) is 57.3 Å². The fraction of sp³-hybridized carbons (Fsp3) is 0.450. The summed E-state index contributed by atoms with van der Waals surface area (Å²) in [6, 6.07) is 9.57. The summed E-state index contributed by atoms with van der Waals surface area (Å²) in [5, 5.41) is 3.77. The maximum Gasteiger partial charge on any atom is 0.338 e. The van der Waals surface area contributed by atoms with Crippen molar-refractivity contribution in [3.63, 3.8) is 0 Å². The number of rotatable bonds is 5. The van der Waals surface area contributed by atoms with Gasteiger partial charge in [0.25, 0.3) is 5.56 Å². The van der Waals surface area contributed by atoms with Gasteiger partial charge in [-0.15, -0.1) is 0 Å². The molecule has 1 N–H and O–H groups in total. The molecular formula is C20H25N5O5. The monoisotopic (exact) mass is 415 g/mol. The summed E-state index contributed by atoms with van der Waals surface area (Å²) in [7, 11) is 0. The lowest BCUT2D eigenvalue weighted by atomic mass is 9.95. The summed E-state index contributed by atoms with van der Waals surface area (Å²) in [5.74, 6) is -1.14. The van der Waals surface area contributed by atoms with Gasteiger partial charge >= 0.3 is 11.7 Å². The number of aromatic nitrogens is 2. The zero-order chi connectivity index (χ0) is 22.3. The predicted octanol–water partition coefficient (Wildman–Crippen LogP) is 3.37. The number of H-pyrrole nitrogens is 1. The van der Waals surface area contributed by atoms with Crippen molar-refractivity contribution in [2.45, 2.75) is 52.2 Å². The van der Waals surface area contributed by atoms with E-state index in [0.717, 1.165) is 0 Å². The number of esters is 1. The smallest absolute Gasteiger partial charge is 0.338 e. The molecule has 0 bridgehead atoms. The van der Waals surface area contributed by atoms with Crippen LogP contribution in [-0.4, -0.2) is 27.3 Å². The second-order valence-corrected chi connectivity index (χ2v) is 6.46. The molecule has 0 radical (unpaired) electrons. The van der Waals surface area contributed by atoms with Crippen LogP contribution in [0, 0.1) is 5.92 Å². The Hall–Kier alpha value is -3.36. The van der Waals surface area contributed by atoms with Crippen molar-refractivity contribution in [2.24, 2.45) is 11.0 Å². The number of ether oxygens (including phenoxy) is 2. The average Bonchev–Trinajstić information content (AvgIpc) is 3.02. The maximum absolute atomic E-state index is 12.6. The van der Waals surface area contributed by atoms with Gasteiger partial charge in [0.1, 0.15) is 12.3 Å². The molecular weight excluding hydrogens is 390 g/mol. The maximum atomic E-state index is 12.6. The number of benzene rings is 1. The standard InChI is InChI=1S/C18H19N5O5.C2H6/c1-3-18(21-22-19)14(27-16(25)12-7-5-4-6-8-12)11(2)15(28-18)23-10-9-13(24)20-17(23)26;1-2/h4-11,14-15H,3H2,1-2H3,(H,20,24,26);1-2H3/t11-,14-,15+,18+;/m0./s1. The molecule has 2 aromatic rings. The summed E-state index contributed by atoms with van der Waals surface area (Å²) < 4.78 is 12.8. The summed E-state index contributed by atoms with van der Waals surface area (Å²) in [6.45, 7) is 7.44.